The summed E-state index contributed by atoms with van der Waals surface area (Å²) >= 11 is 0. The lowest BCUT2D eigenvalue weighted by molar-refractivity contribution is -0.136. The summed E-state index contributed by atoms with van der Waals surface area (Å²) in [6.45, 7) is 8.89. The fourth-order valence-electron chi connectivity index (χ4n) is 3.39. The highest BCUT2D eigenvalue weighted by Gasteiger charge is 2.38. The Morgan fingerprint density at radius 1 is 0.935 bits per heavy atom. The van der Waals surface area contributed by atoms with Crippen LogP contribution < -0.4 is 14.8 Å². The van der Waals surface area contributed by atoms with Gasteiger partial charge in [-0.15, -0.1) is 0 Å². The zero-order chi connectivity index (χ0) is 22.4. The summed E-state index contributed by atoms with van der Waals surface area (Å²) in [7, 11) is 0. The van der Waals surface area contributed by atoms with Gasteiger partial charge in [0.1, 0.15) is 17.2 Å². The standard InChI is InChI=1S/C25H30N2O4/c1-5-14-27-24(28)22(18-10-12-20(13-11-18)31-17(3)4)23(25(27)29)26-19-8-7-9-21(16-19)30-15-6-2/h7-13,16-17,26H,5-6,14-15H2,1-4H3. The van der Waals surface area contributed by atoms with Crippen molar-refractivity contribution >= 4 is 23.1 Å². The summed E-state index contributed by atoms with van der Waals surface area (Å²) in [6, 6.07) is 14.7. The minimum atomic E-state index is -0.316. The van der Waals surface area contributed by atoms with Crippen LogP contribution in [0.5, 0.6) is 11.5 Å². The first-order chi connectivity index (χ1) is 14.9. The quantitative estimate of drug-likeness (QED) is 0.554. The number of nitrogens with zero attached hydrogens (tertiary/aromatic N) is 1. The van der Waals surface area contributed by atoms with Gasteiger partial charge in [0.05, 0.1) is 18.3 Å². The summed E-state index contributed by atoms with van der Waals surface area (Å²) < 4.78 is 11.4. The zero-order valence-corrected chi connectivity index (χ0v) is 18.6. The average Bonchev–Trinajstić information content (AvgIpc) is 2.97. The third-order valence-electron chi connectivity index (χ3n) is 4.71. The van der Waals surface area contributed by atoms with Crippen molar-refractivity contribution < 1.29 is 19.1 Å². The van der Waals surface area contributed by atoms with E-state index in [2.05, 4.69) is 5.32 Å². The molecule has 3 rings (SSSR count). The van der Waals surface area contributed by atoms with Crippen LogP contribution in [0.25, 0.3) is 5.57 Å². The summed E-state index contributed by atoms with van der Waals surface area (Å²) in [6.07, 6.45) is 1.65. The van der Waals surface area contributed by atoms with Crippen LogP contribution in [0.3, 0.4) is 0 Å². The first-order valence-electron chi connectivity index (χ1n) is 10.8. The van der Waals surface area contributed by atoms with Crippen LogP contribution in [-0.4, -0.2) is 36.0 Å². The molecule has 2 amide bonds. The molecule has 0 spiro atoms. The maximum Gasteiger partial charge on any atom is 0.278 e. The van der Waals surface area contributed by atoms with Gasteiger partial charge in [-0.3, -0.25) is 14.5 Å². The topological polar surface area (TPSA) is 67.9 Å². The summed E-state index contributed by atoms with van der Waals surface area (Å²) in [4.78, 5) is 27.5. The number of ether oxygens (including phenoxy) is 2. The Bertz CT molecular complexity index is 964. The van der Waals surface area contributed by atoms with Gasteiger partial charge < -0.3 is 14.8 Å². The number of imide groups is 1. The van der Waals surface area contributed by atoms with Crippen LogP contribution in [-0.2, 0) is 9.59 Å². The zero-order valence-electron chi connectivity index (χ0n) is 18.6. The van der Waals surface area contributed by atoms with E-state index in [1.165, 1.54) is 4.90 Å². The Kier molecular flexibility index (Phi) is 7.34. The van der Waals surface area contributed by atoms with E-state index >= 15 is 0 Å². The molecular weight excluding hydrogens is 392 g/mol. The Hall–Kier alpha value is -3.28. The van der Waals surface area contributed by atoms with Crippen LogP contribution in [0.15, 0.2) is 54.2 Å². The number of rotatable bonds is 10. The van der Waals surface area contributed by atoms with E-state index < -0.39 is 0 Å². The molecule has 2 aromatic rings. The Balaban J connectivity index is 1.96. The van der Waals surface area contributed by atoms with E-state index in [1.54, 1.807) is 0 Å². The van der Waals surface area contributed by atoms with Gasteiger partial charge >= 0.3 is 0 Å². The molecule has 31 heavy (non-hydrogen) atoms. The molecule has 0 fully saturated rings. The summed E-state index contributed by atoms with van der Waals surface area (Å²) in [5.41, 5.74) is 2.02. The van der Waals surface area contributed by atoms with Gasteiger partial charge in [-0.25, -0.2) is 0 Å². The van der Waals surface area contributed by atoms with E-state index in [4.69, 9.17) is 9.47 Å². The van der Waals surface area contributed by atoms with Gasteiger partial charge in [-0.2, -0.15) is 0 Å². The van der Waals surface area contributed by atoms with Gasteiger partial charge in [-0.1, -0.05) is 32.0 Å². The maximum atomic E-state index is 13.1. The number of benzene rings is 2. The molecule has 1 aliphatic heterocycles. The van der Waals surface area contributed by atoms with Crippen molar-refractivity contribution in [2.75, 3.05) is 18.5 Å². The highest BCUT2D eigenvalue weighted by Crippen LogP contribution is 2.32. The molecule has 0 aliphatic carbocycles. The van der Waals surface area contributed by atoms with Gasteiger partial charge in [0.15, 0.2) is 0 Å². The third-order valence-corrected chi connectivity index (χ3v) is 4.71. The molecule has 1 heterocycles. The molecule has 2 aromatic carbocycles. The second-order valence-electron chi connectivity index (χ2n) is 7.70. The maximum absolute atomic E-state index is 13.1. The lowest BCUT2D eigenvalue weighted by Crippen LogP contribution is -2.33. The van der Waals surface area contributed by atoms with Gasteiger partial charge in [-0.05, 0) is 56.5 Å². The van der Waals surface area contributed by atoms with Gasteiger partial charge in [0.2, 0.25) is 0 Å². The minimum Gasteiger partial charge on any atom is -0.494 e. The van der Waals surface area contributed by atoms with Crippen LogP contribution in [0, 0.1) is 0 Å². The van der Waals surface area contributed by atoms with Crippen LogP contribution in [0.1, 0.15) is 46.1 Å². The fraction of sp³-hybridized carbons (Fsp3) is 0.360. The van der Waals surface area contributed by atoms with E-state index in [-0.39, 0.29) is 23.6 Å². The molecule has 1 aliphatic rings. The van der Waals surface area contributed by atoms with Crippen LogP contribution in [0.2, 0.25) is 0 Å². The smallest absolute Gasteiger partial charge is 0.278 e. The first kappa shape index (κ1) is 22.4. The second kappa shape index (κ2) is 10.2. The monoisotopic (exact) mass is 422 g/mol. The molecule has 0 saturated heterocycles. The van der Waals surface area contributed by atoms with Crippen molar-refractivity contribution in [3.63, 3.8) is 0 Å². The highest BCUT2D eigenvalue weighted by atomic mass is 16.5. The molecule has 0 saturated carbocycles. The van der Waals surface area contributed by atoms with Crippen LogP contribution in [0.4, 0.5) is 5.69 Å². The highest BCUT2D eigenvalue weighted by molar-refractivity contribution is 6.36. The summed E-state index contributed by atoms with van der Waals surface area (Å²) in [5, 5.41) is 3.18. The number of carbonyl (C=O) groups excluding carboxylic acids is 2. The summed E-state index contributed by atoms with van der Waals surface area (Å²) in [5.74, 6) is 0.831. The first-order valence-corrected chi connectivity index (χ1v) is 10.8. The molecule has 164 valence electrons. The third kappa shape index (κ3) is 5.26. The predicted molar refractivity (Wildman–Crippen MR) is 122 cm³/mol. The number of carbonyl (C=O) groups is 2. The van der Waals surface area contributed by atoms with Crippen molar-refractivity contribution in [1.29, 1.82) is 0 Å². The molecule has 0 unspecified atom stereocenters. The number of nitrogens with one attached hydrogen (secondary N) is 1. The molecule has 6 nitrogen and oxygen atoms in total. The number of hydrogen-bond donors (Lipinski definition) is 1. The molecule has 1 N–H and O–H groups in total. The Morgan fingerprint density at radius 2 is 1.68 bits per heavy atom. The Morgan fingerprint density at radius 3 is 2.32 bits per heavy atom. The van der Waals surface area contributed by atoms with E-state index in [9.17, 15) is 9.59 Å². The normalized spacial score (nSPS) is 13.9. The van der Waals surface area contributed by atoms with Crippen molar-refractivity contribution in [3.05, 3.63) is 59.8 Å². The minimum absolute atomic E-state index is 0.0548. The second-order valence-corrected chi connectivity index (χ2v) is 7.70. The fourth-order valence-corrected chi connectivity index (χ4v) is 3.39. The number of anilines is 1. The predicted octanol–water partition coefficient (Wildman–Crippen LogP) is 4.86. The van der Waals surface area contributed by atoms with Gasteiger partial charge in [0, 0.05) is 18.3 Å². The number of hydrogen-bond acceptors (Lipinski definition) is 5. The molecule has 0 radical (unpaired) electrons. The van der Waals surface area contributed by atoms with E-state index in [0.29, 0.717) is 42.1 Å². The molecule has 6 heteroatoms. The van der Waals surface area contributed by atoms with Crippen LogP contribution >= 0.6 is 0 Å². The van der Waals surface area contributed by atoms with E-state index in [1.807, 2.05) is 76.2 Å². The molecule has 0 aromatic heterocycles. The van der Waals surface area contributed by atoms with E-state index in [0.717, 1.165) is 12.2 Å². The van der Waals surface area contributed by atoms with Gasteiger partial charge in [0.25, 0.3) is 11.8 Å². The van der Waals surface area contributed by atoms with Crippen molar-refractivity contribution in [2.45, 2.75) is 46.6 Å². The van der Waals surface area contributed by atoms with Crippen molar-refractivity contribution in [3.8, 4) is 11.5 Å². The Labute approximate surface area is 183 Å². The van der Waals surface area contributed by atoms with Crippen molar-refractivity contribution in [1.82, 2.24) is 4.90 Å². The molecular formula is C25H30N2O4. The molecule has 0 atom stereocenters. The van der Waals surface area contributed by atoms with Crippen molar-refractivity contribution in [2.24, 2.45) is 0 Å². The SMILES string of the molecule is CCCOc1cccc(NC2=C(c3ccc(OC(C)C)cc3)C(=O)N(CCC)C2=O)c1. The molecule has 0 bridgehead atoms. The lowest BCUT2D eigenvalue weighted by atomic mass is 10.0. The number of amides is 2. The average molecular weight is 423 g/mol. The lowest BCUT2D eigenvalue weighted by Gasteiger charge is -2.14. The largest absolute Gasteiger partial charge is 0.494 e.